The molecule has 0 aliphatic carbocycles. The van der Waals surface area contributed by atoms with E-state index in [4.69, 9.17) is 4.74 Å². The van der Waals surface area contributed by atoms with Crippen molar-refractivity contribution in [3.05, 3.63) is 48.5 Å². The highest BCUT2D eigenvalue weighted by Crippen LogP contribution is 2.24. The molecule has 1 atom stereocenters. The predicted octanol–water partition coefficient (Wildman–Crippen LogP) is 3.56. The maximum atomic E-state index is 13.8. The quantitative estimate of drug-likeness (QED) is 0.434. The van der Waals surface area contributed by atoms with E-state index < -0.39 is 12.5 Å². The zero-order valence-corrected chi connectivity index (χ0v) is 16.3. The number of rotatable bonds is 7. The largest absolute Gasteiger partial charge is 0.536 e. The zero-order valence-electron chi connectivity index (χ0n) is 16.3. The lowest BCUT2D eigenvalue weighted by atomic mass is 10.2. The molecule has 0 bridgehead atoms. The number of aryl methyl sites for hydroxylation is 1. The molecule has 0 radical (unpaired) electrons. The van der Waals surface area contributed by atoms with Crippen LogP contribution in [-0.2, 0) is 9.47 Å². The van der Waals surface area contributed by atoms with Crippen molar-refractivity contribution >= 4 is 11.7 Å². The van der Waals surface area contributed by atoms with Crippen LogP contribution in [0.2, 0.25) is 0 Å². The molecule has 0 aromatic carbocycles. The van der Waals surface area contributed by atoms with Gasteiger partial charge in [0.1, 0.15) is 12.0 Å². The molecule has 1 aromatic rings. The SMILES string of the molecule is C=C(/C=C\C)OC(F)(F)OC(C)N1CCN(C(=O)Nc2cnccc2C)CC1. The molecule has 0 spiro atoms. The number of allylic oxidation sites excluding steroid dienone is 2. The van der Waals surface area contributed by atoms with Gasteiger partial charge in [0.15, 0.2) is 0 Å². The lowest BCUT2D eigenvalue weighted by Crippen LogP contribution is -2.54. The van der Waals surface area contributed by atoms with Crippen molar-refractivity contribution in [3.8, 4) is 0 Å². The van der Waals surface area contributed by atoms with Crippen molar-refractivity contribution in [3.63, 3.8) is 0 Å². The van der Waals surface area contributed by atoms with E-state index in [2.05, 4.69) is 21.6 Å². The summed E-state index contributed by atoms with van der Waals surface area (Å²) in [4.78, 5) is 19.7. The molecule has 7 nitrogen and oxygen atoms in total. The van der Waals surface area contributed by atoms with Gasteiger partial charge in [0.25, 0.3) is 0 Å². The smallest absolute Gasteiger partial charge is 0.410 e. The molecule has 28 heavy (non-hydrogen) atoms. The Morgan fingerprint density at radius 1 is 1.39 bits per heavy atom. The Morgan fingerprint density at radius 2 is 2.07 bits per heavy atom. The van der Waals surface area contributed by atoms with Crippen LogP contribution in [0.15, 0.2) is 43.0 Å². The van der Waals surface area contributed by atoms with E-state index in [0.29, 0.717) is 31.9 Å². The van der Waals surface area contributed by atoms with Crippen molar-refractivity contribution in [1.29, 1.82) is 0 Å². The van der Waals surface area contributed by atoms with E-state index >= 15 is 0 Å². The molecule has 1 aliphatic heterocycles. The van der Waals surface area contributed by atoms with Crippen LogP contribution in [0, 0.1) is 6.92 Å². The van der Waals surface area contributed by atoms with Crippen LogP contribution in [0.3, 0.4) is 0 Å². The number of nitrogens with one attached hydrogen (secondary N) is 1. The lowest BCUT2D eigenvalue weighted by Gasteiger charge is -2.38. The number of pyridine rings is 1. The number of carbonyl (C=O) groups excluding carboxylic acids is 1. The first-order valence-electron chi connectivity index (χ1n) is 8.98. The highest BCUT2D eigenvalue weighted by molar-refractivity contribution is 5.90. The van der Waals surface area contributed by atoms with Gasteiger partial charge in [0, 0.05) is 32.4 Å². The Morgan fingerprint density at radius 3 is 2.68 bits per heavy atom. The van der Waals surface area contributed by atoms with Crippen molar-refractivity contribution in [2.24, 2.45) is 0 Å². The molecule has 1 aromatic heterocycles. The van der Waals surface area contributed by atoms with Crippen LogP contribution in [-0.4, -0.2) is 59.5 Å². The molecule has 2 rings (SSSR count). The molecule has 2 amide bonds. The monoisotopic (exact) mass is 396 g/mol. The van der Waals surface area contributed by atoms with Gasteiger partial charge in [0.2, 0.25) is 0 Å². The lowest BCUT2D eigenvalue weighted by molar-refractivity contribution is -0.402. The summed E-state index contributed by atoms with van der Waals surface area (Å²) in [6, 6.07) is 1.56. The van der Waals surface area contributed by atoms with Gasteiger partial charge in [-0.25, -0.2) is 4.79 Å². The molecule has 1 aliphatic rings. The van der Waals surface area contributed by atoms with Gasteiger partial charge in [-0.1, -0.05) is 12.7 Å². The maximum absolute atomic E-state index is 13.8. The van der Waals surface area contributed by atoms with E-state index in [1.807, 2.05) is 6.92 Å². The van der Waals surface area contributed by atoms with Crippen LogP contribution in [0.4, 0.5) is 19.3 Å². The number of alkyl halides is 2. The summed E-state index contributed by atoms with van der Waals surface area (Å²) in [6.45, 7) is 10.0. The number of carbonyl (C=O) groups is 1. The number of aromatic nitrogens is 1. The van der Waals surface area contributed by atoms with Gasteiger partial charge in [-0.2, -0.15) is 0 Å². The van der Waals surface area contributed by atoms with E-state index in [1.165, 1.54) is 13.0 Å². The molecule has 1 N–H and O–H groups in total. The van der Waals surface area contributed by atoms with E-state index in [1.54, 1.807) is 41.3 Å². The minimum Gasteiger partial charge on any atom is -0.410 e. The van der Waals surface area contributed by atoms with Gasteiger partial charge in [-0.05, 0) is 38.5 Å². The third kappa shape index (κ3) is 6.28. The standard InChI is InChI=1S/C19H26F2N4O3/c1-5-6-15(3)27-19(20,21)28-16(4)24-9-11-25(12-10-24)18(26)23-17-13-22-8-7-14(17)2/h5-8,13,16H,3,9-12H2,1-2,4H3,(H,23,26)/b6-5-. The first kappa shape index (κ1) is 21.8. The number of piperazine rings is 1. The van der Waals surface area contributed by atoms with Crippen molar-refractivity contribution in [2.45, 2.75) is 33.3 Å². The number of ether oxygens (including phenoxy) is 2. The van der Waals surface area contributed by atoms with Crippen LogP contribution >= 0.6 is 0 Å². The summed E-state index contributed by atoms with van der Waals surface area (Å²) < 4.78 is 36.9. The fourth-order valence-electron chi connectivity index (χ4n) is 2.75. The number of halogens is 2. The molecule has 154 valence electrons. The molecule has 1 fully saturated rings. The normalized spacial score (nSPS) is 16.8. The van der Waals surface area contributed by atoms with E-state index in [-0.39, 0.29) is 11.8 Å². The average Bonchev–Trinajstić information content (AvgIpc) is 2.63. The molecule has 1 saturated heterocycles. The minimum atomic E-state index is -3.79. The molecule has 9 heteroatoms. The van der Waals surface area contributed by atoms with Gasteiger partial charge in [-0.3, -0.25) is 14.6 Å². The summed E-state index contributed by atoms with van der Waals surface area (Å²) in [7, 11) is 0. The van der Waals surface area contributed by atoms with E-state index in [9.17, 15) is 13.6 Å². The highest BCUT2D eigenvalue weighted by Gasteiger charge is 2.38. The summed E-state index contributed by atoms with van der Waals surface area (Å²) in [5.41, 5.74) is 1.55. The Hall–Kier alpha value is -2.52. The molecular formula is C19H26F2N4O3. The first-order valence-corrected chi connectivity index (χ1v) is 8.98. The Balaban J connectivity index is 1.83. The van der Waals surface area contributed by atoms with Crippen LogP contribution in [0.25, 0.3) is 0 Å². The summed E-state index contributed by atoms with van der Waals surface area (Å²) in [5.74, 6) is -0.188. The fraction of sp³-hybridized carbons (Fsp3) is 0.474. The van der Waals surface area contributed by atoms with Crippen molar-refractivity contribution in [1.82, 2.24) is 14.8 Å². The van der Waals surface area contributed by atoms with Crippen LogP contribution < -0.4 is 5.32 Å². The number of hydrogen-bond acceptors (Lipinski definition) is 5. The third-order valence-electron chi connectivity index (χ3n) is 4.31. The van der Waals surface area contributed by atoms with Crippen LogP contribution in [0.5, 0.6) is 0 Å². The second-order valence-corrected chi connectivity index (χ2v) is 6.39. The Kier molecular flexibility index (Phi) is 7.47. The number of anilines is 1. The van der Waals surface area contributed by atoms with Crippen molar-refractivity contribution < 1.29 is 23.0 Å². The van der Waals surface area contributed by atoms with Crippen LogP contribution in [0.1, 0.15) is 19.4 Å². The second-order valence-electron chi connectivity index (χ2n) is 6.39. The summed E-state index contributed by atoms with van der Waals surface area (Å²) >= 11 is 0. The van der Waals surface area contributed by atoms with E-state index in [0.717, 1.165) is 5.56 Å². The maximum Gasteiger partial charge on any atom is 0.536 e. The van der Waals surface area contributed by atoms with Gasteiger partial charge in [-0.15, -0.1) is 8.78 Å². The summed E-state index contributed by atoms with van der Waals surface area (Å²) in [6.07, 6.45) is 1.42. The topological polar surface area (TPSA) is 66.9 Å². The Bertz CT molecular complexity index is 719. The average molecular weight is 396 g/mol. The first-order chi connectivity index (χ1) is 13.2. The van der Waals surface area contributed by atoms with Crippen molar-refractivity contribution in [2.75, 3.05) is 31.5 Å². The molecule has 2 heterocycles. The molecular weight excluding hydrogens is 370 g/mol. The molecule has 0 saturated carbocycles. The molecule has 1 unspecified atom stereocenters. The number of amides is 2. The third-order valence-corrected chi connectivity index (χ3v) is 4.31. The Labute approximate surface area is 163 Å². The van der Waals surface area contributed by atoms with Gasteiger partial charge in [0.05, 0.1) is 11.9 Å². The van der Waals surface area contributed by atoms with Gasteiger partial charge < -0.3 is 15.0 Å². The zero-order chi connectivity index (χ0) is 20.7. The second kappa shape index (κ2) is 9.61. The van der Waals surface area contributed by atoms with Gasteiger partial charge >= 0.3 is 12.3 Å². The number of urea groups is 1. The predicted molar refractivity (Wildman–Crippen MR) is 102 cm³/mol. The number of hydrogen-bond donors (Lipinski definition) is 1. The summed E-state index contributed by atoms with van der Waals surface area (Å²) in [5, 5.41) is 2.81. The fourth-order valence-corrected chi connectivity index (χ4v) is 2.75. The highest BCUT2D eigenvalue weighted by atomic mass is 19.3. The minimum absolute atomic E-state index is 0.188. The number of nitrogens with zero attached hydrogens (tertiary/aromatic N) is 3.